The van der Waals surface area contributed by atoms with Crippen LogP contribution in [0.2, 0.25) is 0 Å². The van der Waals surface area contributed by atoms with Gasteiger partial charge in [0.2, 0.25) is 0 Å². The largest absolute Gasteiger partial charge is 0.480 e. The third kappa shape index (κ3) is 1.03. The van der Waals surface area contributed by atoms with E-state index in [4.69, 9.17) is 5.11 Å². The van der Waals surface area contributed by atoms with E-state index >= 15 is 0 Å². The van der Waals surface area contributed by atoms with Crippen LogP contribution < -0.4 is 5.32 Å². The minimum Gasteiger partial charge on any atom is -0.480 e. The van der Waals surface area contributed by atoms with Crippen LogP contribution in [-0.2, 0) is 9.59 Å². The summed E-state index contributed by atoms with van der Waals surface area (Å²) in [4.78, 5) is 21.3. The Morgan fingerprint density at radius 3 is 2.67 bits per heavy atom. The Bertz CT molecular complexity index is 241. The van der Waals surface area contributed by atoms with Crippen molar-refractivity contribution in [3.8, 4) is 0 Å². The van der Waals surface area contributed by atoms with Crippen LogP contribution in [-0.4, -0.2) is 29.4 Å². The van der Waals surface area contributed by atoms with Gasteiger partial charge in [-0.25, -0.2) is 0 Å². The maximum atomic E-state index is 10.8. The number of aliphatic carboxylic acids is 1. The van der Waals surface area contributed by atoms with Gasteiger partial charge in [-0.3, -0.25) is 9.59 Å². The van der Waals surface area contributed by atoms with Crippen LogP contribution in [0, 0.1) is 5.41 Å². The fourth-order valence-corrected chi connectivity index (χ4v) is 2.15. The lowest BCUT2D eigenvalue weighted by molar-refractivity contribution is -0.140. The van der Waals surface area contributed by atoms with Crippen LogP contribution >= 0.6 is 0 Å². The quantitative estimate of drug-likeness (QED) is 0.569. The summed E-state index contributed by atoms with van der Waals surface area (Å²) in [5.41, 5.74) is 0.000139. The van der Waals surface area contributed by atoms with Gasteiger partial charge in [0.25, 0.3) is 0 Å². The number of nitrogens with one attached hydrogen (secondary N) is 1. The molecular formula is C8H11NO3. The van der Waals surface area contributed by atoms with Crippen molar-refractivity contribution in [2.45, 2.75) is 25.3 Å². The van der Waals surface area contributed by atoms with E-state index < -0.39 is 12.0 Å². The smallest absolute Gasteiger partial charge is 0.320 e. The van der Waals surface area contributed by atoms with Crippen molar-refractivity contribution in [1.82, 2.24) is 5.32 Å². The SMILES string of the molecule is O=C1CC2(CNC(C(=O)O)C2)C1. The summed E-state index contributed by atoms with van der Waals surface area (Å²) < 4.78 is 0. The normalized spacial score (nSPS) is 32.0. The maximum Gasteiger partial charge on any atom is 0.320 e. The Morgan fingerprint density at radius 2 is 2.25 bits per heavy atom. The molecule has 2 N–H and O–H groups in total. The Kier molecular flexibility index (Phi) is 1.48. The topological polar surface area (TPSA) is 66.4 Å². The molecule has 1 aliphatic heterocycles. The standard InChI is InChI=1S/C8H11NO3/c10-5-1-8(2-5)3-6(7(11)12)9-4-8/h6,9H,1-4H2,(H,11,12). The van der Waals surface area contributed by atoms with E-state index in [1.807, 2.05) is 0 Å². The summed E-state index contributed by atoms with van der Waals surface area (Å²) >= 11 is 0. The van der Waals surface area contributed by atoms with Gasteiger partial charge < -0.3 is 10.4 Å². The van der Waals surface area contributed by atoms with Gasteiger partial charge in [-0.1, -0.05) is 0 Å². The van der Waals surface area contributed by atoms with Gasteiger partial charge in [0.05, 0.1) is 0 Å². The summed E-state index contributed by atoms with van der Waals surface area (Å²) in [7, 11) is 0. The van der Waals surface area contributed by atoms with Gasteiger partial charge in [-0.2, -0.15) is 0 Å². The molecule has 1 unspecified atom stereocenters. The van der Waals surface area contributed by atoms with Crippen molar-refractivity contribution in [2.75, 3.05) is 6.54 Å². The van der Waals surface area contributed by atoms with Crippen LogP contribution in [0.3, 0.4) is 0 Å². The molecule has 4 heteroatoms. The number of rotatable bonds is 1. The van der Waals surface area contributed by atoms with Gasteiger partial charge in [-0.05, 0) is 11.8 Å². The molecule has 0 radical (unpaired) electrons. The predicted molar refractivity (Wildman–Crippen MR) is 40.7 cm³/mol. The molecule has 0 bridgehead atoms. The van der Waals surface area contributed by atoms with Gasteiger partial charge in [0, 0.05) is 19.4 Å². The molecule has 1 spiro atoms. The Labute approximate surface area is 69.9 Å². The van der Waals surface area contributed by atoms with Crippen LogP contribution in [0.4, 0.5) is 0 Å². The molecule has 0 aromatic carbocycles. The van der Waals surface area contributed by atoms with Crippen LogP contribution in [0.5, 0.6) is 0 Å². The van der Waals surface area contributed by atoms with Crippen LogP contribution in [0.15, 0.2) is 0 Å². The van der Waals surface area contributed by atoms with E-state index in [0.29, 0.717) is 25.8 Å². The summed E-state index contributed by atoms with van der Waals surface area (Å²) in [6.45, 7) is 0.690. The number of hydrogen-bond acceptors (Lipinski definition) is 3. The molecular weight excluding hydrogens is 158 g/mol. The van der Waals surface area contributed by atoms with Gasteiger partial charge >= 0.3 is 5.97 Å². The van der Waals surface area contributed by atoms with E-state index in [2.05, 4.69) is 5.32 Å². The summed E-state index contributed by atoms with van der Waals surface area (Å²) in [6, 6.07) is -0.432. The molecule has 12 heavy (non-hydrogen) atoms. The first-order valence-electron chi connectivity index (χ1n) is 4.09. The number of carbonyl (C=O) groups is 2. The second-order valence-electron chi connectivity index (χ2n) is 3.87. The third-order valence-corrected chi connectivity index (χ3v) is 2.80. The zero-order valence-electron chi connectivity index (χ0n) is 6.67. The average molecular weight is 169 g/mol. The lowest BCUT2D eigenvalue weighted by Crippen LogP contribution is -2.39. The zero-order valence-corrected chi connectivity index (χ0v) is 6.67. The van der Waals surface area contributed by atoms with Gasteiger partial charge in [0.15, 0.2) is 0 Å². The van der Waals surface area contributed by atoms with E-state index in [9.17, 15) is 9.59 Å². The molecule has 0 amide bonds. The lowest BCUT2D eigenvalue weighted by atomic mass is 9.67. The van der Waals surface area contributed by atoms with Gasteiger partial charge in [-0.15, -0.1) is 0 Å². The number of carboxylic acids is 1. The average Bonchev–Trinajstić information content (AvgIpc) is 2.31. The van der Waals surface area contributed by atoms with Crippen molar-refractivity contribution in [3.63, 3.8) is 0 Å². The fourth-order valence-electron chi connectivity index (χ4n) is 2.15. The van der Waals surface area contributed by atoms with E-state index in [0.717, 1.165) is 0 Å². The molecule has 1 heterocycles. The minimum absolute atomic E-state index is 0.000139. The second kappa shape index (κ2) is 2.29. The second-order valence-corrected chi connectivity index (χ2v) is 3.87. The highest BCUT2D eigenvalue weighted by atomic mass is 16.4. The lowest BCUT2D eigenvalue weighted by Gasteiger charge is -2.35. The van der Waals surface area contributed by atoms with Crippen LogP contribution in [0.25, 0.3) is 0 Å². The molecule has 2 fully saturated rings. The number of ketones is 1. The minimum atomic E-state index is -0.800. The van der Waals surface area contributed by atoms with Crippen molar-refractivity contribution in [2.24, 2.45) is 5.41 Å². The Hall–Kier alpha value is -0.900. The number of Topliss-reactive ketones (excluding diaryl/α,β-unsaturated/α-hetero) is 1. The summed E-state index contributed by atoms with van der Waals surface area (Å²) in [6.07, 6.45) is 1.77. The molecule has 0 aromatic heterocycles. The first-order chi connectivity index (χ1) is 5.61. The molecule has 66 valence electrons. The monoisotopic (exact) mass is 169 g/mol. The molecule has 1 atom stereocenters. The Balaban J connectivity index is 1.99. The molecule has 1 saturated heterocycles. The van der Waals surface area contributed by atoms with Gasteiger partial charge in [0.1, 0.15) is 11.8 Å². The molecule has 1 aliphatic carbocycles. The summed E-state index contributed by atoms with van der Waals surface area (Å²) in [5, 5.41) is 11.6. The fraction of sp³-hybridized carbons (Fsp3) is 0.750. The highest BCUT2D eigenvalue weighted by Gasteiger charge is 2.49. The van der Waals surface area contributed by atoms with Crippen LogP contribution in [0.1, 0.15) is 19.3 Å². The number of hydrogen-bond donors (Lipinski definition) is 2. The zero-order chi connectivity index (χ0) is 8.77. The maximum absolute atomic E-state index is 10.8. The van der Waals surface area contributed by atoms with E-state index in [1.54, 1.807) is 0 Å². The molecule has 0 aromatic rings. The highest BCUT2D eigenvalue weighted by molar-refractivity contribution is 5.87. The van der Waals surface area contributed by atoms with Crippen molar-refractivity contribution < 1.29 is 14.7 Å². The van der Waals surface area contributed by atoms with Crippen molar-refractivity contribution >= 4 is 11.8 Å². The first-order valence-corrected chi connectivity index (χ1v) is 4.09. The first kappa shape index (κ1) is 7.73. The summed E-state index contributed by atoms with van der Waals surface area (Å²) in [5.74, 6) is -0.533. The van der Waals surface area contributed by atoms with Crippen molar-refractivity contribution in [1.29, 1.82) is 0 Å². The molecule has 4 nitrogen and oxygen atoms in total. The van der Waals surface area contributed by atoms with E-state index in [-0.39, 0.29) is 11.2 Å². The number of carboxylic acid groups (broad SMARTS) is 1. The van der Waals surface area contributed by atoms with Crippen molar-refractivity contribution in [3.05, 3.63) is 0 Å². The third-order valence-electron chi connectivity index (χ3n) is 2.80. The van der Waals surface area contributed by atoms with E-state index in [1.165, 1.54) is 0 Å². The molecule has 2 aliphatic rings. The molecule has 2 rings (SSSR count). The predicted octanol–water partition coefficient (Wildman–Crippen LogP) is -0.218. The number of carbonyl (C=O) groups excluding carboxylic acids is 1. The Morgan fingerprint density at radius 1 is 1.58 bits per heavy atom. The highest BCUT2D eigenvalue weighted by Crippen LogP contribution is 2.44. The molecule has 1 saturated carbocycles.